The molecule has 0 fully saturated rings. The lowest BCUT2D eigenvalue weighted by atomic mass is 10.5. The zero-order chi connectivity index (χ0) is 7.82. The molecule has 54 valence electrons. The highest BCUT2D eigenvalue weighted by Gasteiger charge is 1.73. The number of hydrogen-bond acceptors (Lipinski definition) is 2. The van der Waals surface area contributed by atoms with Gasteiger partial charge in [-0.05, 0) is 26.6 Å². The highest BCUT2D eigenvalue weighted by Crippen LogP contribution is 1.90. The van der Waals surface area contributed by atoms with Crippen molar-refractivity contribution in [3.63, 3.8) is 0 Å². The maximum Gasteiger partial charge on any atom is 0.0547 e. The molecule has 0 aromatic carbocycles. The van der Waals surface area contributed by atoms with E-state index < -0.39 is 0 Å². The van der Waals surface area contributed by atoms with Gasteiger partial charge in [0.1, 0.15) is 0 Å². The summed E-state index contributed by atoms with van der Waals surface area (Å²) >= 11 is 0. The van der Waals surface area contributed by atoms with E-state index in [0.29, 0.717) is 0 Å². The van der Waals surface area contributed by atoms with Crippen LogP contribution in [0.25, 0.3) is 0 Å². The molecular formula is C8H12N2. The standard InChI is InChI=1S/C8H12N2/c1-4-5-6-10-7-8(2)9-3/h4-7H,3H2,1-2H3/b5-4-,8-7-,10-6-. The lowest BCUT2D eigenvalue weighted by molar-refractivity contribution is 1.29. The van der Waals surface area contributed by atoms with E-state index in [1.165, 1.54) is 0 Å². The van der Waals surface area contributed by atoms with Gasteiger partial charge in [-0.1, -0.05) is 6.08 Å². The Kier molecular flexibility index (Phi) is 5.25. The Labute approximate surface area is 61.7 Å². The van der Waals surface area contributed by atoms with Gasteiger partial charge in [-0.3, -0.25) is 9.98 Å². The molecule has 0 atom stereocenters. The Morgan fingerprint density at radius 2 is 2.20 bits per heavy atom. The second-order valence-electron chi connectivity index (χ2n) is 1.75. The molecule has 0 N–H and O–H groups in total. The number of allylic oxidation sites excluding steroid dienone is 3. The quantitative estimate of drug-likeness (QED) is 0.531. The summed E-state index contributed by atoms with van der Waals surface area (Å²) < 4.78 is 0. The number of nitrogens with zero attached hydrogens (tertiary/aromatic N) is 2. The van der Waals surface area contributed by atoms with Gasteiger partial charge in [0, 0.05) is 12.4 Å². The van der Waals surface area contributed by atoms with Gasteiger partial charge in [0.05, 0.1) is 5.70 Å². The normalized spacial score (nSPS) is 13.2. The molecule has 0 aliphatic carbocycles. The maximum atomic E-state index is 3.92. The second kappa shape index (κ2) is 5.95. The van der Waals surface area contributed by atoms with Gasteiger partial charge in [0.2, 0.25) is 0 Å². The van der Waals surface area contributed by atoms with Crippen LogP contribution < -0.4 is 0 Å². The van der Waals surface area contributed by atoms with Crippen LogP contribution in [0.15, 0.2) is 34.0 Å². The van der Waals surface area contributed by atoms with Gasteiger partial charge >= 0.3 is 0 Å². The fourth-order valence-corrected chi connectivity index (χ4v) is 0.327. The molecule has 0 amide bonds. The molecule has 0 aliphatic rings. The average molecular weight is 136 g/mol. The van der Waals surface area contributed by atoms with Crippen molar-refractivity contribution in [1.29, 1.82) is 0 Å². The Balaban J connectivity index is 3.81. The first kappa shape index (κ1) is 8.82. The van der Waals surface area contributed by atoms with E-state index in [1.807, 2.05) is 26.0 Å². The fraction of sp³-hybridized carbons (Fsp3) is 0.250. The van der Waals surface area contributed by atoms with Crippen molar-refractivity contribution >= 4 is 12.9 Å². The summed E-state index contributed by atoms with van der Waals surface area (Å²) in [5.41, 5.74) is 0.820. The van der Waals surface area contributed by atoms with Crippen molar-refractivity contribution in [2.75, 3.05) is 0 Å². The van der Waals surface area contributed by atoms with Crippen molar-refractivity contribution in [2.45, 2.75) is 13.8 Å². The smallest absolute Gasteiger partial charge is 0.0547 e. The van der Waals surface area contributed by atoms with Gasteiger partial charge in [-0.15, -0.1) is 0 Å². The molecule has 10 heavy (non-hydrogen) atoms. The molecular weight excluding hydrogens is 124 g/mol. The van der Waals surface area contributed by atoms with Gasteiger partial charge in [-0.2, -0.15) is 0 Å². The molecule has 0 saturated heterocycles. The van der Waals surface area contributed by atoms with E-state index in [9.17, 15) is 0 Å². The predicted molar refractivity (Wildman–Crippen MR) is 46.6 cm³/mol. The molecule has 2 nitrogen and oxygen atoms in total. The zero-order valence-electron chi connectivity index (χ0n) is 6.41. The van der Waals surface area contributed by atoms with Gasteiger partial charge in [-0.25, -0.2) is 0 Å². The van der Waals surface area contributed by atoms with Crippen molar-refractivity contribution < 1.29 is 0 Å². The van der Waals surface area contributed by atoms with Crippen LogP contribution in [0, 0.1) is 0 Å². The summed E-state index contributed by atoms with van der Waals surface area (Å²) in [5, 5.41) is 0. The Hall–Kier alpha value is -1.18. The van der Waals surface area contributed by atoms with Gasteiger partial charge in [0.15, 0.2) is 0 Å². The molecule has 0 saturated carbocycles. The van der Waals surface area contributed by atoms with Crippen molar-refractivity contribution in [1.82, 2.24) is 0 Å². The molecule has 0 aromatic rings. The lowest BCUT2D eigenvalue weighted by Crippen LogP contribution is -1.65. The van der Waals surface area contributed by atoms with Crippen LogP contribution in [0.5, 0.6) is 0 Å². The first-order valence-electron chi connectivity index (χ1n) is 3.09. The molecule has 0 spiro atoms. The summed E-state index contributed by atoms with van der Waals surface area (Å²) in [4.78, 5) is 7.58. The molecule has 0 heterocycles. The number of rotatable bonds is 3. The average Bonchev–Trinajstić information content (AvgIpc) is 1.98. The summed E-state index contributed by atoms with van der Waals surface area (Å²) in [6.45, 7) is 7.14. The molecule has 0 aromatic heterocycles. The van der Waals surface area contributed by atoms with Crippen LogP contribution in [0.4, 0.5) is 0 Å². The first-order chi connectivity index (χ1) is 4.81. The van der Waals surface area contributed by atoms with E-state index in [1.54, 1.807) is 12.4 Å². The Bertz CT molecular complexity index is 176. The molecule has 0 rings (SSSR count). The number of aliphatic imine (C=N–C) groups is 2. The van der Waals surface area contributed by atoms with E-state index in [-0.39, 0.29) is 0 Å². The maximum absolute atomic E-state index is 3.92. The summed E-state index contributed by atoms with van der Waals surface area (Å²) in [6.07, 6.45) is 7.13. The van der Waals surface area contributed by atoms with E-state index in [4.69, 9.17) is 0 Å². The number of hydrogen-bond donors (Lipinski definition) is 0. The van der Waals surface area contributed by atoms with Crippen molar-refractivity contribution in [3.05, 3.63) is 24.0 Å². The van der Waals surface area contributed by atoms with E-state index >= 15 is 0 Å². The minimum absolute atomic E-state index is 0.820. The molecule has 0 bridgehead atoms. The molecule has 0 unspecified atom stereocenters. The van der Waals surface area contributed by atoms with Crippen LogP contribution in [-0.4, -0.2) is 12.9 Å². The van der Waals surface area contributed by atoms with Crippen LogP contribution in [-0.2, 0) is 0 Å². The molecule has 2 heteroatoms. The van der Waals surface area contributed by atoms with E-state index in [0.717, 1.165) is 5.70 Å². The first-order valence-corrected chi connectivity index (χ1v) is 3.09. The van der Waals surface area contributed by atoms with Crippen LogP contribution >= 0.6 is 0 Å². The zero-order valence-corrected chi connectivity index (χ0v) is 6.41. The highest BCUT2D eigenvalue weighted by molar-refractivity contribution is 5.71. The van der Waals surface area contributed by atoms with Crippen molar-refractivity contribution in [3.8, 4) is 0 Å². The third-order valence-corrected chi connectivity index (χ3v) is 0.875. The summed E-state index contributed by atoms with van der Waals surface area (Å²) in [7, 11) is 0. The SMILES string of the molecule is C=N\C(C)=C/N=C\C=C/C. The van der Waals surface area contributed by atoms with Crippen molar-refractivity contribution in [2.24, 2.45) is 9.98 Å². The minimum Gasteiger partial charge on any atom is -0.268 e. The predicted octanol–water partition coefficient (Wildman–Crippen LogP) is 2.20. The largest absolute Gasteiger partial charge is 0.268 e. The Morgan fingerprint density at radius 1 is 1.50 bits per heavy atom. The Morgan fingerprint density at radius 3 is 2.70 bits per heavy atom. The monoisotopic (exact) mass is 136 g/mol. The minimum atomic E-state index is 0.820. The van der Waals surface area contributed by atoms with Crippen LogP contribution in [0.3, 0.4) is 0 Å². The second-order valence-corrected chi connectivity index (χ2v) is 1.75. The van der Waals surface area contributed by atoms with Gasteiger partial charge in [0.25, 0.3) is 0 Å². The third kappa shape index (κ3) is 4.97. The van der Waals surface area contributed by atoms with E-state index in [2.05, 4.69) is 16.7 Å². The summed E-state index contributed by atoms with van der Waals surface area (Å²) in [6, 6.07) is 0. The van der Waals surface area contributed by atoms with Crippen LogP contribution in [0.1, 0.15) is 13.8 Å². The lowest BCUT2D eigenvalue weighted by Gasteiger charge is -1.81. The third-order valence-electron chi connectivity index (χ3n) is 0.875. The topological polar surface area (TPSA) is 24.7 Å². The van der Waals surface area contributed by atoms with Crippen LogP contribution in [0.2, 0.25) is 0 Å². The highest BCUT2D eigenvalue weighted by atomic mass is 14.8. The summed E-state index contributed by atoms with van der Waals surface area (Å²) in [5.74, 6) is 0. The van der Waals surface area contributed by atoms with Gasteiger partial charge < -0.3 is 0 Å². The molecule has 0 radical (unpaired) electrons. The fourth-order valence-electron chi connectivity index (χ4n) is 0.327. The molecule has 0 aliphatic heterocycles.